The van der Waals surface area contributed by atoms with Crippen molar-refractivity contribution in [2.75, 3.05) is 18.5 Å². The van der Waals surface area contributed by atoms with Gasteiger partial charge in [-0.25, -0.2) is 0 Å². The third-order valence-electron chi connectivity index (χ3n) is 2.68. The van der Waals surface area contributed by atoms with Crippen molar-refractivity contribution in [3.8, 4) is 0 Å². The minimum Gasteiger partial charge on any atom is -0.392 e. The molecular weight excluding hydrogens is 306 g/mol. The predicted octanol–water partition coefficient (Wildman–Crippen LogP) is 1.33. The summed E-state index contributed by atoms with van der Waals surface area (Å²) < 4.78 is 11.2. The first kappa shape index (κ1) is 16.4. The number of nitrogens with zero attached hydrogens (tertiary/aromatic N) is 1. The van der Waals surface area contributed by atoms with Gasteiger partial charge >= 0.3 is 0 Å². The predicted molar refractivity (Wildman–Crippen MR) is 78.4 cm³/mol. The van der Waals surface area contributed by atoms with Crippen LogP contribution < -0.4 is 11.1 Å². The number of halogens is 1. The Morgan fingerprint density at radius 1 is 1.60 bits per heavy atom. The van der Waals surface area contributed by atoms with E-state index in [0.717, 1.165) is 6.07 Å². The Hall–Kier alpha value is -1.67. The van der Waals surface area contributed by atoms with E-state index >= 15 is 0 Å². The fourth-order valence-corrected chi connectivity index (χ4v) is 1.87. The van der Waals surface area contributed by atoms with Crippen molar-refractivity contribution in [1.29, 1.82) is 0 Å². The summed E-state index contributed by atoms with van der Waals surface area (Å²) in [6.07, 6.45) is 1.53. The van der Waals surface area contributed by atoms with Crippen LogP contribution in [-0.2, 0) is 10.8 Å². The van der Waals surface area contributed by atoms with Crippen LogP contribution in [0, 0.1) is 10.1 Å². The van der Waals surface area contributed by atoms with Gasteiger partial charge in [-0.3, -0.25) is 19.1 Å². The van der Waals surface area contributed by atoms with Crippen LogP contribution in [0.25, 0.3) is 0 Å². The number of hydrogen-bond donors (Lipinski definition) is 2. The number of rotatable bonds is 5. The molecule has 1 aromatic carbocycles. The quantitative estimate of drug-likeness (QED) is 0.482. The molecule has 1 aromatic rings. The maximum atomic E-state index is 11.9. The highest BCUT2D eigenvalue weighted by atomic mass is 35.5. The maximum Gasteiger partial charge on any atom is 0.294 e. The van der Waals surface area contributed by atoms with Crippen molar-refractivity contribution in [2.24, 2.45) is 0 Å². The molecule has 0 aromatic heterocycles. The molecule has 0 spiro atoms. The molecule has 7 nitrogen and oxygen atoms in total. The summed E-state index contributed by atoms with van der Waals surface area (Å²) in [5.41, 5.74) is 4.90. The van der Waals surface area contributed by atoms with Crippen molar-refractivity contribution in [3.63, 3.8) is 0 Å². The van der Waals surface area contributed by atoms with Crippen molar-refractivity contribution in [3.05, 3.63) is 32.8 Å². The van der Waals surface area contributed by atoms with Crippen LogP contribution in [0.2, 0.25) is 5.02 Å². The lowest BCUT2D eigenvalue weighted by atomic mass is 10.1. The van der Waals surface area contributed by atoms with Gasteiger partial charge in [0.05, 0.1) is 9.95 Å². The van der Waals surface area contributed by atoms with Crippen molar-refractivity contribution >= 4 is 39.7 Å². The van der Waals surface area contributed by atoms with Gasteiger partial charge in [-0.05, 0) is 13.0 Å². The Morgan fingerprint density at radius 2 is 2.20 bits per heavy atom. The molecule has 2 atom stereocenters. The maximum absolute atomic E-state index is 11.9. The third kappa shape index (κ3) is 3.91. The molecule has 20 heavy (non-hydrogen) atoms. The Kier molecular flexibility index (Phi) is 5.46. The molecule has 0 saturated carbocycles. The van der Waals surface area contributed by atoms with Crippen LogP contribution in [0.5, 0.6) is 0 Å². The van der Waals surface area contributed by atoms with E-state index in [-0.39, 0.29) is 28.1 Å². The standard InChI is InChI=1S/C11H14ClN3O4S/c1-6(20(2)19)5-14-11(16)7-3-8(12)10(13)9(4-7)15(17)18/h3-4,6H,5,13H2,1-2H3,(H,14,16). The summed E-state index contributed by atoms with van der Waals surface area (Å²) in [7, 11) is -1.07. The molecule has 0 bridgehead atoms. The van der Waals surface area contributed by atoms with E-state index in [1.54, 1.807) is 6.92 Å². The molecule has 1 amide bonds. The van der Waals surface area contributed by atoms with Crippen molar-refractivity contribution in [1.82, 2.24) is 5.32 Å². The lowest BCUT2D eigenvalue weighted by molar-refractivity contribution is -0.383. The molecule has 0 fully saturated rings. The number of nitrogen functional groups attached to an aromatic ring is 1. The van der Waals surface area contributed by atoms with Gasteiger partial charge in [-0.15, -0.1) is 0 Å². The smallest absolute Gasteiger partial charge is 0.294 e. The molecule has 2 unspecified atom stereocenters. The van der Waals surface area contributed by atoms with E-state index in [2.05, 4.69) is 5.32 Å². The number of nitrogens with one attached hydrogen (secondary N) is 1. The molecular formula is C11H14ClN3O4S. The SMILES string of the molecule is CC(CNC(=O)c1cc(Cl)c(N)c([N+](=O)[O-])c1)S(C)=O. The van der Waals surface area contributed by atoms with E-state index in [1.807, 2.05) is 0 Å². The monoisotopic (exact) mass is 319 g/mol. The summed E-state index contributed by atoms with van der Waals surface area (Å²) in [5.74, 6) is -0.535. The van der Waals surface area contributed by atoms with Gasteiger partial charge < -0.3 is 11.1 Å². The summed E-state index contributed by atoms with van der Waals surface area (Å²) in [6, 6.07) is 2.32. The Labute approximate surface area is 123 Å². The van der Waals surface area contributed by atoms with Gasteiger partial charge in [-0.1, -0.05) is 11.6 Å². The van der Waals surface area contributed by atoms with E-state index < -0.39 is 27.3 Å². The highest BCUT2D eigenvalue weighted by Gasteiger charge is 2.19. The Balaban J connectivity index is 2.94. The number of nitro groups is 1. The van der Waals surface area contributed by atoms with Crippen LogP contribution >= 0.6 is 11.6 Å². The Bertz CT molecular complexity index is 579. The first-order chi connectivity index (χ1) is 9.23. The molecule has 110 valence electrons. The van der Waals surface area contributed by atoms with Crippen LogP contribution in [0.15, 0.2) is 12.1 Å². The summed E-state index contributed by atoms with van der Waals surface area (Å²) in [4.78, 5) is 22.0. The number of benzene rings is 1. The first-order valence-electron chi connectivity index (χ1n) is 5.58. The lowest BCUT2D eigenvalue weighted by Gasteiger charge is -2.10. The second-order valence-electron chi connectivity index (χ2n) is 4.17. The molecule has 0 aliphatic carbocycles. The van der Waals surface area contributed by atoms with Gasteiger partial charge in [0.15, 0.2) is 0 Å². The fraction of sp³-hybridized carbons (Fsp3) is 0.364. The van der Waals surface area contributed by atoms with Crippen LogP contribution in [0.1, 0.15) is 17.3 Å². The molecule has 0 aliphatic rings. The second kappa shape index (κ2) is 6.67. The zero-order valence-corrected chi connectivity index (χ0v) is 12.5. The number of hydrogen-bond acceptors (Lipinski definition) is 5. The number of carbonyl (C=O) groups is 1. The lowest BCUT2D eigenvalue weighted by Crippen LogP contribution is -2.32. The zero-order chi connectivity index (χ0) is 15.4. The van der Waals surface area contributed by atoms with Gasteiger partial charge in [0.25, 0.3) is 11.6 Å². The van der Waals surface area contributed by atoms with Crippen LogP contribution in [0.4, 0.5) is 11.4 Å². The number of nitro benzene ring substituents is 1. The van der Waals surface area contributed by atoms with Crippen molar-refractivity contribution < 1.29 is 13.9 Å². The molecule has 0 saturated heterocycles. The van der Waals surface area contributed by atoms with Crippen molar-refractivity contribution in [2.45, 2.75) is 12.2 Å². The fourth-order valence-electron chi connectivity index (χ4n) is 1.34. The summed E-state index contributed by atoms with van der Waals surface area (Å²) in [6.45, 7) is 1.91. The molecule has 9 heteroatoms. The molecule has 0 radical (unpaired) electrons. The van der Waals surface area contributed by atoms with E-state index in [9.17, 15) is 19.1 Å². The largest absolute Gasteiger partial charge is 0.392 e. The normalized spacial score (nSPS) is 13.6. The average Bonchev–Trinajstić information content (AvgIpc) is 2.37. The minimum atomic E-state index is -1.07. The number of anilines is 1. The van der Waals surface area contributed by atoms with Crippen LogP contribution in [0.3, 0.4) is 0 Å². The third-order valence-corrected chi connectivity index (χ3v) is 4.30. The van der Waals surface area contributed by atoms with Gasteiger partial charge in [0.2, 0.25) is 0 Å². The first-order valence-corrected chi connectivity index (χ1v) is 7.57. The number of carbonyl (C=O) groups excluding carboxylic acids is 1. The van der Waals surface area contributed by atoms with Gasteiger partial charge in [-0.2, -0.15) is 0 Å². The number of amides is 1. The van der Waals surface area contributed by atoms with Gasteiger partial charge in [0.1, 0.15) is 5.69 Å². The number of nitrogens with two attached hydrogens (primary N) is 1. The molecule has 3 N–H and O–H groups in total. The van der Waals surface area contributed by atoms with E-state index in [4.69, 9.17) is 17.3 Å². The van der Waals surface area contributed by atoms with E-state index in [0.29, 0.717) is 0 Å². The molecule has 0 heterocycles. The Morgan fingerprint density at radius 3 is 2.70 bits per heavy atom. The highest BCUT2D eigenvalue weighted by molar-refractivity contribution is 7.84. The van der Waals surface area contributed by atoms with E-state index in [1.165, 1.54) is 12.3 Å². The summed E-state index contributed by atoms with van der Waals surface area (Å²) in [5, 5.41) is 13.1. The molecule has 0 aliphatic heterocycles. The topological polar surface area (TPSA) is 115 Å². The second-order valence-corrected chi connectivity index (χ2v) is 6.38. The average molecular weight is 320 g/mol. The highest BCUT2D eigenvalue weighted by Crippen LogP contribution is 2.30. The molecule has 1 rings (SSSR count). The van der Waals surface area contributed by atoms with Gasteiger partial charge in [0, 0.05) is 40.5 Å². The summed E-state index contributed by atoms with van der Waals surface area (Å²) >= 11 is 5.76. The van der Waals surface area contributed by atoms with Crippen LogP contribution in [-0.4, -0.2) is 33.1 Å². The minimum absolute atomic E-state index is 0.0324. The zero-order valence-electron chi connectivity index (χ0n) is 10.9.